The summed E-state index contributed by atoms with van der Waals surface area (Å²) in [5.41, 5.74) is -0.753. The molecule has 2 aliphatic rings. The summed E-state index contributed by atoms with van der Waals surface area (Å²) >= 11 is 0. The Morgan fingerprint density at radius 1 is 1.42 bits per heavy atom. The Morgan fingerprint density at radius 2 is 2.17 bits per heavy atom. The smallest absolute Gasteiger partial charge is 0.306 e. The predicted molar refractivity (Wildman–Crippen MR) is 39.3 cm³/mol. The minimum atomic E-state index is -0.885. The fraction of sp³-hybridized carbons (Fsp3) is 0.875. The number of carbonyl (C=O) groups excluding carboxylic acids is 1. The van der Waals surface area contributed by atoms with Gasteiger partial charge in [-0.2, -0.15) is 0 Å². The van der Waals surface area contributed by atoms with Gasteiger partial charge in [-0.1, -0.05) is 0 Å². The minimum absolute atomic E-state index is 0.261. The topological polar surface area (TPSA) is 66.8 Å². The van der Waals surface area contributed by atoms with Crippen LogP contribution in [0.5, 0.6) is 0 Å². The molecule has 68 valence electrons. The fourth-order valence-electron chi connectivity index (χ4n) is 2.08. The first kappa shape index (κ1) is 8.01. The van der Waals surface area contributed by atoms with Gasteiger partial charge in [0.25, 0.3) is 0 Å². The average molecular weight is 172 g/mol. The molecule has 0 bridgehead atoms. The van der Waals surface area contributed by atoms with Crippen molar-refractivity contribution in [3.8, 4) is 0 Å². The lowest BCUT2D eigenvalue weighted by atomic mass is 9.96. The highest BCUT2D eigenvalue weighted by atomic mass is 16.6. The fourth-order valence-corrected chi connectivity index (χ4v) is 2.08. The molecule has 0 radical (unpaired) electrons. The zero-order valence-corrected chi connectivity index (χ0v) is 6.69. The largest absolute Gasteiger partial charge is 0.456 e. The van der Waals surface area contributed by atoms with Crippen molar-refractivity contribution in [1.29, 1.82) is 0 Å². The summed E-state index contributed by atoms with van der Waals surface area (Å²) in [6, 6.07) is 0. The summed E-state index contributed by atoms with van der Waals surface area (Å²) in [5, 5.41) is 18.8. The van der Waals surface area contributed by atoms with Gasteiger partial charge < -0.3 is 14.9 Å². The first-order valence-electron chi connectivity index (χ1n) is 4.22. The van der Waals surface area contributed by atoms with Gasteiger partial charge in [-0.25, -0.2) is 0 Å². The van der Waals surface area contributed by atoms with Crippen molar-refractivity contribution in [3.63, 3.8) is 0 Å². The minimum Gasteiger partial charge on any atom is -0.456 e. The van der Waals surface area contributed by atoms with Crippen LogP contribution in [0.15, 0.2) is 0 Å². The zero-order chi connectivity index (χ0) is 8.77. The summed E-state index contributed by atoms with van der Waals surface area (Å²) in [7, 11) is 0. The van der Waals surface area contributed by atoms with Gasteiger partial charge in [-0.15, -0.1) is 0 Å². The molecule has 2 fully saturated rings. The van der Waals surface area contributed by atoms with E-state index in [0.29, 0.717) is 25.7 Å². The van der Waals surface area contributed by atoms with E-state index in [1.807, 2.05) is 0 Å². The summed E-state index contributed by atoms with van der Waals surface area (Å²) in [6.07, 6.45) is 0.406. The number of carbonyl (C=O) groups is 1. The Labute approximate surface area is 70.1 Å². The van der Waals surface area contributed by atoms with Gasteiger partial charge in [0, 0.05) is 12.8 Å². The van der Waals surface area contributed by atoms with Crippen LogP contribution in [0.1, 0.15) is 25.7 Å². The summed E-state index contributed by atoms with van der Waals surface area (Å²) in [6.45, 7) is 0. The molecule has 3 atom stereocenters. The van der Waals surface area contributed by atoms with Crippen LogP contribution in [0.4, 0.5) is 0 Å². The van der Waals surface area contributed by atoms with Crippen molar-refractivity contribution in [1.82, 2.24) is 0 Å². The van der Waals surface area contributed by atoms with Crippen LogP contribution in [0, 0.1) is 0 Å². The molecule has 2 N–H and O–H groups in total. The average Bonchev–Trinajstić information content (AvgIpc) is 2.53. The molecule has 1 saturated carbocycles. The molecule has 4 nitrogen and oxygen atoms in total. The van der Waals surface area contributed by atoms with Crippen LogP contribution in [0.2, 0.25) is 0 Å². The van der Waals surface area contributed by atoms with E-state index in [1.54, 1.807) is 0 Å². The zero-order valence-electron chi connectivity index (χ0n) is 6.69. The second-order valence-corrected chi connectivity index (χ2v) is 3.59. The third kappa shape index (κ3) is 0.949. The van der Waals surface area contributed by atoms with Crippen LogP contribution in [0.25, 0.3) is 0 Å². The summed E-state index contributed by atoms with van der Waals surface area (Å²) in [4.78, 5) is 10.8. The molecule has 1 aliphatic carbocycles. The SMILES string of the molecule is O=C1CC[C@]2(CC[C@@H](O)[C@H]2O)O1. The number of rotatable bonds is 0. The van der Waals surface area contributed by atoms with Gasteiger partial charge in [0.2, 0.25) is 0 Å². The van der Waals surface area contributed by atoms with Crippen molar-refractivity contribution < 1.29 is 19.7 Å². The molecule has 0 aromatic rings. The molecular weight excluding hydrogens is 160 g/mol. The lowest BCUT2D eigenvalue weighted by Crippen LogP contribution is -2.41. The Morgan fingerprint density at radius 3 is 2.58 bits per heavy atom. The summed E-state index contributed by atoms with van der Waals surface area (Å²) < 4.78 is 5.04. The van der Waals surface area contributed by atoms with E-state index in [-0.39, 0.29) is 5.97 Å². The van der Waals surface area contributed by atoms with E-state index in [9.17, 15) is 15.0 Å². The van der Waals surface area contributed by atoms with Crippen LogP contribution in [0.3, 0.4) is 0 Å². The van der Waals surface area contributed by atoms with Gasteiger partial charge in [0.1, 0.15) is 11.7 Å². The highest BCUT2D eigenvalue weighted by molar-refractivity contribution is 5.72. The monoisotopic (exact) mass is 172 g/mol. The lowest BCUT2D eigenvalue weighted by molar-refractivity contribution is -0.158. The highest BCUT2D eigenvalue weighted by Crippen LogP contribution is 2.41. The number of esters is 1. The van der Waals surface area contributed by atoms with Crippen molar-refractivity contribution in [3.05, 3.63) is 0 Å². The Hall–Kier alpha value is -0.610. The first-order chi connectivity index (χ1) is 5.64. The summed E-state index contributed by atoms with van der Waals surface area (Å²) in [5.74, 6) is -0.261. The van der Waals surface area contributed by atoms with E-state index in [0.717, 1.165) is 0 Å². The van der Waals surface area contributed by atoms with Crippen molar-refractivity contribution >= 4 is 5.97 Å². The van der Waals surface area contributed by atoms with Crippen molar-refractivity contribution in [2.24, 2.45) is 0 Å². The van der Waals surface area contributed by atoms with E-state index in [4.69, 9.17) is 4.74 Å². The third-order valence-electron chi connectivity index (χ3n) is 2.84. The van der Waals surface area contributed by atoms with Gasteiger partial charge in [0.05, 0.1) is 6.10 Å². The molecule has 0 unspecified atom stereocenters. The molecule has 0 amide bonds. The third-order valence-corrected chi connectivity index (χ3v) is 2.84. The number of ether oxygens (including phenoxy) is 1. The standard InChI is InChI=1S/C8H12O4/c9-5-1-3-8(7(5)11)4-2-6(10)12-8/h5,7,9,11H,1-4H2/t5-,7-,8+/m1/s1. The van der Waals surface area contributed by atoms with Crippen LogP contribution < -0.4 is 0 Å². The maximum atomic E-state index is 10.8. The molecule has 12 heavy (non-hydrogen) atoms. The van der Waals surface area contributed by atoms with Gasteiger partial charge in [-0.3, -0.25) is 4.79 Å². The van der Waals surface area contributed by atoms with Gasteiger partial charge in [0.15, 0.2) is 0 Å². The Balaban J connectivity index is 2.17. The second-order valence-electron chi connectivity index (χ2n) is 3.59. The maximum Gasteiger partial charge on any atom is 0.306 e. The highest BCUT2D eigenvalue weighted by Gasteiger charge is 2.53. The van der Waals surface area contributed by atoms with Crippen LogP contribution in [-0.4, -0.2) is 34.0 Å². The molecular formula is C8H12O4. The maximum absolute atomic E-state index is 10.8. The second kappa shape index (κ2) is 2.44. The van der Waals surface area contributed by atoms with Crippen molar-refractivity contribution in [2.75, 3.05) is 0 Å². The molecule has 1 spiro atoms. The van der Waals surface area contributed by atoms with E-state index in [2.05, 4.69) is 0 Å². The quantitative estimate of drug-likeness (QED) is 0.487. The van der Waals surface area contributed by atoms with Gasteiger partial charge in [-0.05, 0) is 12.8 Å². The number of aliphatic hydroxyl groups excluding tert-OH is 2. The number of hydrogen-bond acceptors (Lipinski definition) is 4. The van der Waals surface area contributed by atoms with Crippen LogP contribution in [-0.2, 0) is 9.53 Å². The molecule has 0 aromatic heterocycles. The van der Waals surface area contributed by atoms with E-state index < -0.39 is 17.8 Å². The molecule has 2 rings (SSSR count). The number of aliphatic hydroxyl groups is 2. The molecule has 4 heteroatoms. The predicted octanol–water partition coefficient (Wildman–Crippen LogP) is -0.422. The lowest BCUT2D eigenvalue weighted by Gasteiger charge is -2.26. The van der Waals surface area contributed by atoms with E-state index >= 15 is 0 Å². The van der Waals surface area contributed by atoms with Crippen molar-refractivity contribution in [2.45, 2.75) is 43.5 Å². The molecule has 1 heterocycles. The Kier molecular flexibility index (Phi) is 1.63. The normalized spacial score (nSPS) is 47.0. The van der Waals surface area contributed by atoms with Gasteiger partial charge >= 0.3 is 5.97 Å². The number of hydrogen-bond donors (Lipinski definition) is 2. The van der Waals surface area contributed by atoms with E-state index in [1.165, 1.54) is 0 Å². The molecule has 0 aromatic carbocycles. The Bertz CT molecular complexity index is 215. The molecule has 1 saturated heterocycles. The first-order valence-corrected chi connectivity index (χ1v) is 4.22. The molecule has 1 aliphatic heterocycles. The van der Waals surface area contributed by atoms with Crippen LogP contribution >= 0.6 is 0 Å².